The predicted molar refractivity (Wildman–Crippen MR) is 144 cm³/mol. The molecule has 1 aliphatic carbocycles. The molecule has 37 heavy (non-hydrogen) atoms. The van der Waals surface area contributed by atoms with Gasteiger partial charge in [0.05, 0.1) is 13.0 Å². The highest BCUT2D eigenvalue weighted by molar-refractivity contribution is 7.44. The Hall–Kier alpha value is -1.40. The molecule has 3 atom stereocenters. The smallest absolute Gasteiger partial charge is 0.259 e. The second kappa shape index (κ2) is 13.6. The molecule has 9 nitrogen and oxygen atoms in total. The molecule has 1 amide bonds. The minimum atomic E-state index is -1.49. The number of rotatable bonds is 11. The largest absolute Gasteiger partial charge is 0.347 e. The summed E-state index contributed by atoms with van der Waals surface area (Å²) < 4.78 is 29.9. The van der Waals surface area contributed by atoms with Gasteiger partial charge in [0, 0.05) is 44.4 Å². The van der Waals surface area contributed by atoms with Crippen LogP contribution in [0.2, 0.25) is 0 Å². The van der Waals surface area contributed by atoms with Gasteiger partial charge in [-0.25, -0.2) is 11.2 Å². The van der Waals surface area contributed by atoms with Crippen LogP contribution in [0.4, 0.5) is 0 Å². The maximum atomic E-state index is 12.9. The third kappa shape index (κ3) is 8.05. The molecule has 0 spiro atoms. The van der Waals surface area contributed by atoms with E-state index in [0.29, 0.717) is 24.7 Å². The van der Waals surface area contributed by atoms with E-state index in [1.807, 2.05) is 0 Å². The van der Waals surface area contributed by atoms with E-state index < -0.39 is 20.4 Å². The number of morpholine rings is 1. The van der Waals surface area contributed by atoms with Crippen molar-refractivity contribution >= 4 is 20.2 Å². The summed E-state index contributed by atoms with van der Waals surface area (Å²) in [5.74, 6) is -0.433. The number of carbonyl (C=O) groups is 2. The van der Waals surface area contributed by atoms with Crippen LogP contribution in [0.25, 0.3) is 4.85 Å². The lowest BCUT2D eigenvalue weighted by Crippen LogP contribution is -2.63. The minimum Gasteiger partial charge on any atom is -0.347 e. The SMILES string of the molecule is [2H]C[C@@]1(COP(OCC[N+]#[C-])N(C(C)C)C(C)C)CN(C2CCCCC2)C[C@H](N2C=C(C)C(=O)CC2=O)O1. The molecule has 0 aromatic carbocycles. The maximum Gasteiger partial charge on any atom is 0.259 e. The van der Waals surface area contributed by atoms with Crippen molar-refractivity contribution in [2.24, 2.45) is 0 Å². The normalized spacial score (nSPS) is 27.5. The average Bonchev–Trinajstić information content (AvgIpc) is 2.89. The summed E-state index contributed by atoms with van der Waals surface area (Å²) in [4.78, 5) is 32.4. The number of nitrogens with zero attached hydrogens (tertiary/aromatic N) is 4. The lowest BCUT2D eigenvalue weighted by Gasteiger charge is -2.50. The third-order valence-electron chi connectivity index (χ3n) is 7.13. The first-order chi connectivity index (χ1) is 18.1. The average molecular weight is 538 g/mol. The molecule has 0 aromatic heterocycles. The fourth-order valence-corrected chi connectivity index (χ4v) is 7.07. The minimum absolute atomic E-state index is 0.0367. The first-order valence-corrected chi connectivity index (χ1v) is 14.6. The van der Waals surface area contributed by atoms with Crippen molar-refractivity contribution in [1.29, 1.82) is 0 Å². The zero-order valence-corrected chi connectivity index (χ0v) is 24.0. The van der Waals surface area contributed by atoms with Crippen LogP contribution in [0.1, 0.15) is 81.4 Å². The summed E-state index contributed by atoms with van der Waals surface area (Å²) in [5, 5.41) is 0. The van der Waals surface area contributed by atoms with Gasteiger partial charge in [-0.3, -0.25) is 19.4 Å². The molecule has 1 saturated carbocycles. The molecular formula is C27H45N4O5P. The Labute approximate surface area is 225 Å². The number of amides is 1. The zero-order chi connectivity index (χ0) is 27.9. The van der Waals surface area contributed by atoms with Gasteiger partial charge in [-0.1, -0.05) is 19.3 Å². The standard InChI is InChI=1S/C27H45N4O5P/c1-20(2)31(21(3)4)37(34-14-13-28-7)35-19-27(6)18-29(23-11-9-8-10-12-23)17-26(36-27)30-16-22(5)24(32)15-25(30)33/h16,20-21,23,26H,8-15,17-19H2,1-6H3/t26-,27+,37?/m1/s1/i6D. The van der Waals surface area contributed by atoms with Gasteiger partial charge in [0.1, 0.15) is 18.4 Å². The summed E-state index contributed by atoms with van der Waals surface area (Å²) in [7, 11) is -1.49. The Bertz CT molecular complexity index is 883. The van der Waals surface area contributed by atoms with E-state index in [1.165, 1.54) is 19.3 Å². The lowest BCUT2D eigenvalue weighted by molar-refractivity contribution is -0.209. The van der Waals surface area contributed by atoms with E-state index in [4.69, 9.17) is 21.7 Å². The molecular weight excluding hydrogens is 491 g/mol. The van der Waals surface area contributed by atoms with Crippen molar-refractivity contribution in [2.75, 3.05) is 32.8 Å². The summed E-state index contributed by atoms with van der Waals surface area (Å²) in [6.45, 7) is 18.9. The van der Waals surface area contributed by atoms with Crippen LogP contribution in [-0.4, -0.2) is 89.0 Å². The van der Waals surface area contributed by atoms with Gasteiger partial charge >= 0.3 is 0 Å². The molecule has 3 rings (SSSR count). The Morgan fingerprint density at radius 1 is 1.24 bits per heavy atom. The van der Waals surface area contributed by atoms with Crippen LogP contribution in [0.15, 0.2) is 11.8 Å². The van der Waals surface area contributed by atoms with E-state index in [1.54, 1.807) is 18.0 Å². The Balaban J connectivity index is 1.87. The van der Waals surface area contributed by atoms with Crippen molar-refractivity contribution in [1.82, 2.24) is 14.5 Å². The molecule has 10 heteroatoms. The molecule has 2 heterocycles. The Kier molecular flexibility index (Phi) is 10.5. The predicted octanol–water partition coefficient (Wildman–Crippen LogP) is 4.74. The molecule has 1 unspecified atom stereocenters. The van der Waals surface area contributed by atoms with Crippen LogP contribution in [0.3, 0.4) is 0 Å². The van der Waals surface area contributed by atoms with Crippen LogP contribution in [0, 0.1) is 6.57 Å². The van der Waals surface area contributed by atoms with Crippen molar-refractivity contribution in [2.45, 2.75) is 110 Å². The second-order valence-corrected chi connectivity index (χ2v) is 12.4. The van der Waals surface area contributed by atoms with E-state index >= 15 is 0 Å². The molecule has 208 valence electrons. The summed E-state index contributed by atoms with van der Waals surface area (Å²) in [6.07, 6.45) is 6.60. The van der Waals surface area contributed by atoms with Gasteiger partial charge in [-0.2, -0.15) is 0 Å². The first-order valence-electron chi connectivity index (χ1n) is 14.2. The van der Waals surface area contributed by atoms with Crippen molar-refractivity contribution in [3.63, 3.8) is 0 Å². The fraction of sp³-hybridized carbons (Fsp3) is 0.815. The number of hydrogen-bond acceptors (Lipinski definition) is 7. The number of Topliss-reactive ketones (excluding diaryl/α,β-unsaturated/α-hetero) is 1. The van der Waals surface area contributed by atoms with Gasteiger partial charge < -0.3 is 18.6 Å². The molecule has 0 bridgehead atoms. The molecule has 0 aromatic rings. The van der Waals surface area contributed by atoms with Crippen LogP contribution in [-0.2, 0) is 23.4 Å². The van der Waals surface area contributed by atoms with Crippen molar-refractivity contribution in [3.05, 3.63) is 23.2 Å². The molecule has 0 radical (unpaired) electrons. The van der Waals surface area contributed by atoms with Gasteiger partial charge in [-0.15, -0.1) is 0 Å². The van der Waals surface area contributed by atoms with Crippen LogP contribution in [0.5, 0.6) is 0 Å². The topological polar surface area (TPSA) is 75.9 Å². The monoisotopic (exact) mass is 537 g/mol. The third-order valence-corrected chi connectivity index (χ3v) is 9.19. The number of carbonyl (C=O) groups excluding carboxylic acids is 2. The first kappa shape index (κ1) is 28.6. The quantitative estimate of drug-likeness (QED) is 0.163. The molecule has 3 aliphatic rings. The van der Waals surface area contributed by atoms with E-state index in [2.05, 4.69) is 42.1 Å². The number of hydrogen-bond donors (Lipinski definition) is 0. The Morgan fingerprint density at radius 2 is 1.95 bits per heavy atom. The fourth-order valence-electron chi connectivity index (χ4n) is 5.39. The summed E-state index contributed by atoms with van der Waals surface area (Å²) >= 11 is 0. The number of allylic oxidation sites excluding steroid dienone is 1. The van der Waals surface area contributed by atoms with Gasteiger partial charge in [-0.05, 0) is 54.4 Å². The van der Waals surface area contributed by atoms with Crippen molar-refractivity contribution < 1.29 is 24.7 Å². The maximum absolute atomic E-state index is 12.9. The summed E-state index contributed by atoms with van der Waals surface area (Å²) in [6, 6.07) is 0.694. The van der Waals surface area contributed by atoms with Gasteiger partial charge in [0.2, 0.25) is 12.5 Å². The number of ether oxygens (including phenoxy) is 1. The van der Waals surface area contributed by atoms with Gasteiger partial charge in [0.25, 0.3) is 8.53 Å². The molecule has 0 N–H and O–H groups in total. The lowest BCUT2D eigenvalue weighted by atomic mass is 9.92. The van der Waals surface area contributed by atoms with E-state index in [-0.39, 0.29) is 56.9 Å². The molecule has 1 saturated heterocycles. The summed E-state index contributed by atoms with van der Waals surface area (Å²) in [5.41, 5.74) is -0.426. The molecule has 2 aliphatic heterocycles. The van der Waals surface area contributed by atoms with Gasteiger partial charge in [0.15, 0.2) is 5.78 Å². The van der Waals surface area contributed by atoms with Crippen LogP contribution >= 0.6 is 8.53 Å². The highest BCUT2D eigenvalue weighted by Crippen LogP contribution is 2.47. The molecule has 2 fully saturated rings. The number of ketones is 1. The van der Waals surface area contributed by atoms with E-state index in [9.17, 15) is 9.59 Å². The highest BCUT2D eigenvalue weighted by atomic mass is 31.2. The van der Waals surface area contributed by atoms with Crippen molar-refractivity contribution in [3.8, 4) is 0 Å². The zero-order valence-electron chi connectivity index (χ0n) is 24.1. The van der Waals surface area contributed by atoms with Crippen LogP contribution < -0.4 is 0 Å². The van der Waals surface area contributed by atoms with E-state index in [0.717, 1.165) is 12.8 Å². The highest BCUT2D eigenvalue weighted by Gasteiger charge is 2.44. The Morgan fingerprint density at radius 3 is 2.57 bits per heavy atom. The second-order valence-electron chi connectivity index (χ2n) is 11.0.